The first-order valence-electron chi connectivity index (χ1n) is 25.6. The summed E-state index contributed by atoms with van der Waals surface area (Å²) in [5.74, 6) is -6.15. The van der Waals surface area contributed by atoms with Crippen LogP contribution in [-0.2, 0) is 75.2 Å². The highest BCUT2D eigenvalue weighted by Gasteiger charge is 2.48. The van der Waals surface area contributed by atoms with Gasteiger partial charge in [-0.2, -0.15) is 0 Å². The maximum atomic E-state index is 14.0. The Hall–Kier alpha value is -6.87. The highest BCUT2D eigenvalue weighted by atomic mass is 35.5. The van der Waals surface area contributed by atoms with Crippen LogP contribution in [-0.4, -0.2) is 114 Å². The summed E-state index contributed by atoms with van der Waals surface area (Å²) in [6.07, 6.45) is 1.34. The Morgan fingerprint density at radius 3 is 2.16 bits per heavy atom. The van der Waals surface area contributed by atoms with E-state index in [9.17, 15) is 47.9 Å². The Labute approximate surface area is 447 Å². The van der Waals surface area contributed by atoms with Crippen molar-refractivity contribution in [2.24, 2.45) is 23.2 Å². The van der Waals surface area contributed by atoms with Crippen molar-refractivity contribution in [2.45, 2.75) is 156 Å². The van der Waals surface area contributed by atoms with Gasteiger partial charge in [-0.15, -0.1) is 5.06 Å². The van der Waals surface area contributed by atoms with Gasteiger partial charge in [0.2, 0.25) is 35.4 Å². The molecule has 8 amide bonds. The third-order valence-corrected chi connectivity index (χ3v) is 13.5. The SMILES string of the molecule is COc1ccc(C[C@H]2NC(=O)/C=C/C[C@@H](C(C)C3OC3c3ccc(CNC(=O)C(C)NC(=O)[C@@H](NC(=O)CCCC(=O)ON4C(=O)CCC4=O)C(C)C)cc3)OC(=O)[C@H](CC(C)C)NC(=O)C(C)(C)CNC2=O)cc1Cl. The highest BCUT2D eigenvalue weighted by Crippen LogP contribution is 2.45. The van der Waals surface area contributed by atoms with Gasteiger partial charge >= 0.3 is 11.9 Å². The second kappa shape index (κ2) is 27.3. The lowest BCUT2D eigenvalue weighted by Gasteiger charge is -2.30. The van der Waals surface area contributed by atoms with Crippen LogP contribution in [0.4, 0.5) is 0 Å². The molecule has 3 aliphatic heterocycles. The third kappa shape index (κ3) is 17.3. The largest absolute Gasteiger partial charge is 0.495 e. The standard InChI is InChI=1S/C54H72ClN7O14/c1-29(2)24-38-52(71)74-39(12-10-13-41(63)59-37(26-34-18-21-40(73-9)36(55)25-34)50(69)57-28-54(7,8)53(72)60-38)31(5)47-48(75-47)35-19-16-33(17-20-35)27-56-49(68)32(6)58-51(70)46(30(3)4)61-42(64)14-11-15-45(67)76-62-43(65)22-23-44(62)66/h10,13,16-21,25,29-32,37-39,46-48H,11-12,14-15,22-24,26-28H2,1-9H3,(H,56,68)(H,57,69)(H,58,70)(H,59,63)(H,60,72)(H,61,64)/b13-10+/t31?,32?,37-,38+,39+,46+,47?,48?/m1/s1. The van der Waals surface area contributed by atoms with Crippen molar-refractivity contribution in [3.63, 3.8) is 0 Å². The molecule has 0 spiro atoms. The number of hydrogen-bond acceptors (Lipinski definition) is 14. The summed E-state index contributed by atoms with van der Waals surface area (Å²) in [7, 11) is 1.49. The van der Waals surface area contributed by atoms with Crippen LogP contribution in [0.3, 0.4) is 0 Å². The number of methoxy groups -OCH3 is 1. The molecule has 6 N–H and O–H groups in total. The lowest BCUT2D eigenvalue weighted by Crippen LogP contribution is -2.54. The van der Waals surface area contributed by atoms with E-state index in [0.717, 1.165) is 11.1 Å². The fourth-order valence-corrected chi connectivity index (χ4v) is 8.76. The molecule has 4 unspecified atom stereocenters. The molecule has 414 valence electrons. The Morgan fingerprint density at radius 2 is 1.53 bits per heavy atom. The summed E-state index contributed by atoms with van der Waals surface area (Å²) >= 11 is 6.38. The predicted octanol–water partition coefficient (Wildman–Crippen LogP) is 3.74. The van der Waals surface area contributed by atoms with Gasteiger partial charge in [0.1, 0.15) is 42.1 Å². The number of amides is 8. The van der Waals surface area contributed by atoms with E-state index < -0.39 is 107 Å². The number of carbonyl (C=O) groups excluding carboxylic acids is 10. The molecule has 0 aliphatic carbocycles. The topological polar surface area (TPSA) is 286 Å². The average molecular weight is 1080 g/mol. The van der Waals surface area contributed by atoms with Crippen LogP contribution in [0.1, 0.15) is 123 Å². The molecule has 2 aromatic rings. The van der Waals surface area contributed by atoms with Gasteiger partial charge in [0, 0.05) is 57.5 Å². The first-order valence-corrected chi connectivity index (χ1v) is 26.0. The summed E-state index contributed by atoms with van der Waals surface area (Å²) in [6.45, 7) is 14.0. The van der Waals surface area contributed by atoms with Crippen molar-refractivity contribution in [1.29, 1.82) is 0 Å². The van der Waals surface area contributed by atoms with E-state index in [1.807, 2.05) is 45.0 Å². The number of esters is 1. The van der Waals surface area contributed by atoms with Crippen molar-refractivity contribution in [3.8, 4) is 5.75 Å². The maximum absolute atomic E-state index is 14.0. The van der Waals surface area contributed by atoms with Crippen LogP contribution < -0.4 is 36.6 Å². The van der Waals surface area contributed by atoms with Crippen molar-refractivity contribution in [1.82, 2.24) is 37.0 Å². The van der Waals surface area contributed by atoms with Gasteiger partial charge in [0.15, 0.2) is 0 Å². The van der Waals surface area contributed by atoms with Gasteiger partial charge in [-0.25, -0.2) is 9.59 Å². The molecular weight excluding hydrogens is 1010 g/mol. The Morgan fingerprint density at radius 1 is 0.855 bits per heavy atom. The fraction of sp³-hybridized carbons (Fsp3) is 0.556. The van der Waals surface area contributed by atoms with Crippen molar-refractivity contribution < 1.29 is 67.0 Å². The molecule has 3 aliphatic rings. The Balaban J connectivity index is 1.17. The summed E-state index contributed by atoms with van der Waals surface area (Å²) in [5.41, 5.74) is 1.06. The third-order valence-electron chi connectivity index (χ3n) is 13.2. The lowest BCUT2D eigenvalue weighted by molar-refractivity contribution is -0.197. The quantitative estimate of drug-likeness (QED) is 0.0626. The number of nitrogens with zero attached hydrogens (tertiary/aromatic N) is 1. The van der Waals surface area contributed by atoms with E-state index in [1.165, 1.54) is 20.1 Å². The Kier molecular flexibility index (Phi) is 21.5. The molecule has 0 radical (unpaired) electrons. The zero-order valence-corrected chi connectivity index (χ0v) is 45.3. The normalized spacial score (nSPS) is 22.8. The molecule has 22 heteroatoms. The number of rotatable bonds is 20. The second-order valence-corrected chi connectivity index (χ2v) is 21.3. The zero-order valence-electron chi connectivity index (χ0n) is 44.6. The number of hydrogen-bond donors (Lipinski definition) is 6. The monoisotopic (exact) mass is 1080 g/mol. The minimum absolute atomic E-state index is 0.00390. The van der Waals surface area contributed by atoms with Crippen LogP contribution in [0, 0.1) is 23.2 Å². The van der Waals surface area contributed by atoms with Crippen molar-refractivity contribution in [2.75, 3.05) is 13.7 Å². The molecule has 21 nitrogen and oxygen atoms in total. The number of nitrogens with one attached hydrogen (secondary N) is 6. The molecule has 2 fully saturated rings. The number of carbonyl (C=O) groups is 10. The van der Waals surface area contributed by atoms with E-state index in [2.05, 4.69) is 31.9 Å². The first kappa shape index (κ1) is 60.0. The van der Waals surface area contributed by atoms with E-state index in [0.29, 0.717) is 21.4 Å². The molecule has 5 rings (SSSR count). The number of benzene rings is 2. The molecule has 8 atom stereocenters. The van der Waals surface area contributed by atoms with Crippen LogP contribution >= 0.6 is 11.6 Å². The van der Waals surface area contributed by atoms with Gasteiger partial charge in [-0.3, -0.25) is 38.4 Å². The van der Waals surface area contributed by atoms with Crippen LogP contribution in [0.25, 0.3) is 0 Å². The predicted molar refractivity (Wildman–Crippen MR) is 276 cm³/mol. The van der Waals surface area contributed by atoms with Gasteiger partial charge in [-0.1, -0.05) is 82.6 Å². The fourth-order valence-electron chi connectivity index (χ4n) is 8.48. The second-order valence-electron chi connectivity index (χ2n) is 20.9. The number of ether oxygens (including phenoxy) is 3. The number of hydroxylamine groups is 2. The first-order chi connectivity index (χ1) is 35.9. The van der Waals surface area contributed by atoms with E-state index >= 15 is 0 Å². The molecule has 0 bridgehead atoms. The van der Waals surface area contributed by atoms with Crippen molar-refractivity contribution >= 4 is 70.8 Å². The molecule has 3 heterocycles. The molecular formula is C54H72ClN7O14. The van der Waals surface area contributed by atoms with Crippen LogP contribution in [0.5, 0.6) is 5.75 Å². The van der Waals surface area contributed by atoms with E-state index in [1.54, 1.807) is 52.0 Å². The molecule has 2 saturated heterocycles. The van der Waals surface area contributed by atoms with Gasteiger partial charge in [0.05, 0.1) is 23.7 Å². The Bertz CT molecular complexity index is 2500. The van der Waals surface area contributed by atoms with Crippen LogP contribution in [0.15, 0.2) is 54.6 Å². The summed E-state index contributed by atoms with van der Waals surface area (Å²) in [6, 6.07) is 8.40. The lowest BCUT2D eigenvalue weighted by atomic mass is 9.90. The van der Waals surface area contributed by atoms with E-state index in [4.69, 9.17) is 30.6 Å². The summed E-state index contributed by atoms with van der Waals surface area (Å²) in [5, 5.41) is 17.3. The maximum Gasteiger partial charge on any atom is 0.333 e. The van der Waals surface area contributed by atoms with Crippen LogP contribution in [0.2, 0.25) is 5.02 Å². The zero-order chi connectivity index (χ0) is 56.0. The smallest absolute Gasteiger partial charge is 0.333 e. The number of epoxide rings is 1. The summed E-state index contributed by atoms with van der Waals surface area (Å²) < 4.78 is 17.6. The molecule has 76 heavy (non-hydrogen) atoms. The minimum Gasteiger partial charge on any atom is -0.495 e. The molecule has 0 aromatic heterocycles. The van der Waals surface area contributed by atoms with E-state index in [-0.39, 0.29) is 82.4 Å². The van der Waals surface area contributed by atoms with Crippen molar-refractivity contribution in [3.05, 3.63) is 76.3 Å². The molecule has 2 aromatic carbocycles. The number of halogens is 1. The van der Waals surface area contributed by atoms with Gasteiger partial charge < -0.3 is 50.9 Å². The summed E-state index contributed by atoms with van der Waals surface area (Å²) in [4.78, 5) is 134. The minimum atomic E-state index is -1.17. The highest BCUT2D eigenvalue weighted by molar-refractivity contribution is 6.32. The number of cyclic esters (lactones) is 1. The number of imide groups is 1. The molecule has 0 saturated carbocycles. The van der Waals surface area contributed by atoms with Gasteiger partial charge in [0.25, 0.3) is 11.8 Å². The van der Waals surface area contributed by atoms with Gasteiger partial charge in [-0.05, 0) is 80.3 Å². The average Bonchev–Trinajstić information content (AvgIpc) is 4.11.